The lowest BCUT2D eigenvalue weighted by atomic mass is 10.1. The number of benzene rings is 1. The van der Waals surface area contributed by atoms with E-state index in [1.54, 1.807) is 17.4 Å². The molecule has 0 radical (unpaired) electrons. The first-order valence-electron chi connectivity index (χ1n) is 7.64. The second-order valence-electron chi connectivity index (χ2n) is 5.51. The summed E-state index contributed by atoms with van der Waals surface area (Å²) < 4.78 is 40.2. The van der Waals surface area contributed by atoms with Crippen LogP contribution in [0.15, 0.2) is 40.9 Å². The summed E-state index contributed by atoms with van der Waals surface area (Å²) in [5.74, 6) is 1.17. The predicted octanol–water partition coefficient (Wildman–Crippen LogP) is 5.42. The molecule has 0 bridgehead atoms. The zero-order valence-electron chi connectivity index (χ0n) is 13.7. The van der Waals surface area contributed by atoms with E-state index in [0.29, 0.717) is 16.5 Å². The van der Waals surface area contributed by atoms with Crippen LogP contribution >= 0.6 is 23.1 Å². The number of halogens is 3. The Morgan fingerprint density at radius 2 is 2.00 bits per heavy atom. The smallest absolute Gasteiger partial charge is 0.305 e. The van der Waals surface area contributed by atoms with Gasteiger partial charge >= 0.3 is 6.18 Å². The molecule has 0 aliphatic heterocycles. The van der Waals surface area contributed by atoms with E-state index < -0.39 is 11.7 Å². The third-order valence-corrected chi connectivity index (χ3v) is 5.89. The van der Waals surface area contributed by atoms with E-state index in [4.69, 9.17) is 0 Å². The number of nitrogens with zero attached hydrogens (tertiary/aromatic N) is 3. The molecule has 3 rings (SSSR count). The lowest BCUT2D eigenvalue weighted by Gasteiger charge is -2.08. The molecule has 0 aliphatic rings. The molecule has 0 saturated carbocycles. The summed E-state index contributed by atoms with van der Waals surface area (Å²) in [5.41, 5.74) is 0.991. The Bertz CT molecular complexity index is 868. The third kappa shape index (κ3) is 4.07. The van der Waals surface area contributed by atoms with Gasteiger partial charge in [-0.3, -0.25) is 0 Å². The van der Waals surface area contributed by atoms with Crippen molar-refractivity contribution in [3.05, 3.63) is 51.7 Å². The van der Waals surface area contributed by atoms with Crippen molar-refractivity contribution < 1.29 is 13.2 Å². The van der Waals surface area contributed by atoms with Gasteiger partial charge in [0.25, 0.3) is 0 Å². The van der Waals surface area contributed by atoms with Gasteiger partial charge in [-0.05, 0) is 24.1 Å². The average Bonchev–Trinajstić information content (AvgIpc) is 3.19. The van der Waals surface area contributed by atoms with E-state index in [-0.39, 0.29) is 0 Å². The van der Waals surface area contributed by atoms with Crippen LogP contribution in [0.2, 0.25) is 0 Å². The van der Waals surface area contributed by atoms with Crippen LogP contribution in [0.5, 0.6) is 0 Å². The van der Waals surface area contributed by atoms with Gasteiger partial charge in [0, 0.05) is 28.6 Å². The van der Waals surface area contributed by atoms with E-state index in [9.17, 15) is 13.2 Å². The van der Waals surface area contributed by atoms with E-state index in [1.165, 1.54) is 28.8 Å². The van der Waals surface area contributed by atoms with Gasteiger partial charge in [-0.15, -0.1) is 21.5 Å². The van der Waals surface area contributed by atoms with Crippen molar-refractivity contribution in [1.29, 1.82) is 0 Å². The fourth-order valence-electron chi connectivity index (χ4n) is 2.36. The van der Waals surface area contributed by atoms with Gasteiger partial charge in [-0.1, -0.05) is 36.9 Å². The molecule has 0 spiro atoms. The Labute approximate surface area is 151 Å². The summed E-state index contributed by atoms with van der Waals surface area (Å²) in [7, 11) is 1.87. The summed E-state index contributed by atoms with van der Waals surface area (Å²) in [5, 5.41) is 11.1. The SMILES string of the molecule is CCc1cc(-c2nnc(SCc3cccc(C(F)(F)F)c3)n2C)cs1. The minimum absolute atomic E-state index is 0.403. The number of aromatic nitrogens is 3. The molecule has 25 heavy (non-hydrogen) atoms. The summed E-state index contributed by atoms with van der Waals surface area (Å²) in [4.78, 5) is 1.27. The minimum atomic E-state index is -4.32. The number of thiophene rings is 1. The fraction of sp³-hybridized carbons (Fsp3) is 0.294. The molecular formula is C17H16F3N3S2. The maximum atomic E-state index is 12.8. The zero-order chi connectivity index (χ0) is 18.0. The lowest BCUT2D eigenvalue weighted by molar-refractivity contribution is -0.137. The molecule has 2 aromatic heterocycles. The van der Waals surface area contributed by atoms with Crippen LogP contribution in [0.1, 0.15) is 22.9 Å². The largest absolute Gasteiger partial charge is 0.416 e. The van der Waals surface area contributed by atoms with Crippen LogP contribution < -0.4 is 0 Å². The number of hydrogen-bond donors (Lipinski definition) is 0. The molecule has 0 unspecified atom stereocenters. The van der Waals surface area contributed by atoms with Gasteiger partial charge in [0.15, 0.2) is 11.0 Å². The molecule has 3 nitrogen and oxygen atoms in total. The first-order chi connectivity index (χ1) is 11.9. The first kappa shape index (κ1) is 18.0. The Morgan fingerprint density at radius 1 is 1.20 bits per heavy atom. The highest BCUT2D eigenvalue weighted by atomic mass is 32.2. The molecule has 0 saturated heterocycles. The second kappa shape index (κ2) is 7.21. The highest BCUT2D eigenvalue weighted by Crippen LogP contribution is 2.32. The van der Waals surface area contributed by atoms with Crippen LogP contribution in [0.25, 0.3) is 11.4 Å². The minimum Gasteiger partial charge on any atom is -0.305 e. The Kier molecular flexibility index (Phi) is 5.19. The first-order valence-corrected chi connectivity index (χ1v) is 9.51. The molecule has 0 N–H and O–H groups in total. The van der Waals surface area contributed by atoms with Crippen molar-refractivity contribution in [3.8, 4) is 11.4 Å². The molecule has 132 valence electrons. The van der Waals surface area contributed by atoms with E-state index in [1.807, 2.05) is 17.0 Å². The van der Waals surface area contributed by atoms with E-state index in [0.717, 1.165) is 23.9 Å². The van der Waals surface area contributed by atoms with Gasteiger partial charge in [0.05, 0.1) is 5.56 Å². The van der Waals surface area contributed by atoms with Crippen molar-refractivity contribution in [2.45, 2.75) is 30.4 Å². The van der Waals surface area contributed by atoms with Crippen molar-refractivity contribution in [2.75, 3.05) is 0 Å². The Balaban J connectivity index is 1.74. The molecule has 8 heteroatoms. The van der Waals surface area contributed by atoms with Crippen LogP contribution in [0.3, 0.4) is 0 Å². The van der Waals surface area contributed by atoms with Gasteiger partial charge < -0.3 is 4.57 Å². The molecule has 0 atom stereocenters. The number of alkyl halides is 3. The zero-order valence-corrected chi connectivity index (χ0v) is 15.3. The molecule has 0 amide bonds. The summed E-state index contributed by atoms with van der Waals surface area (Å²) >= 11 is 3.05. The fourth-order valence-corrected chi connectivity index (χ4v) is 4.03. The topological polar surface area (TPSA) is 30.7 Å². The molecule has 1 aromatic carbocycles. The standard InChI is InChI=1S/C17H16F3N3S2/c1-3-14-8-12(10-24-14)15-21-22-16(23(15)2)25-9-11-5-4-6-13(7-11)17(18,19)20/h4-8,10H,3,9H2,1-2H3. The normalized spacial score (nSPS) is 11.9. The Hall–Kier alpha value is -1.80. The lowest BCUT2D eigenvalue weighted by Crippen LogP contribution is -2.05. The summed E-state index contributed by atoms with van der Waals surface area (Å²) in [6.07, 6.45) is -3.35. The number of aryl methyl sites for hydroxylation is 1. The van der Waals surface area contributed by atoms with Crippen molar-refractivity contribution in [1.82, 2.24) is 14.8 Å². The average molecular weight is 383 g/mol. The van der Waals surface area contributed by atoms with E-state index >= 15 is 0 Å². The predicted molar refractivity (Wildman–Crippen MR) is 94.7 cm³/mol. The van der Waals surface area contributed by atoms with Crippen LogP contribution in [-0.4, -0.2) is 14.8 Å². The molecule has 0 aliphatic carbocycles. The van der Waals surface area contributed by atoms with Crippen molar-refractivity contribution in [2.24, 2.45) is 7.05 Å². The molecule has 2 heterocycles. The Morgan fingerprint density at radius 3 is 2.68 bits per heavy atom. The van der Waals surface area contributed by atoms with Gasteiger partial charge in [-0.25, -0.2) is 0 Å². The molecule has 3 aromatic rings. The highest BCUT2D eigenvalue weighted by molar-refractivity contribution is 7.98. The number of rotatable bonds is 5. The summed E-state index contributed by atoms with van der Waals surface area (Å²) in [6, 6.07) is 7.47. The van der Waals surface area contributed by atoms with Crippen LogP contribution in [-0.2, 0) is 25.4 Å². The van der Waals surface area contributed by atoms with Crippen molar-refractivity contribution in [3.63, 3.8) is 0 Å². The maximum absolute atomic E-state index is 12.8. The quantitative estimate of drug-likeness (QED) is 0.552. The molecular weight excluding hydrogens is 367 g/mol. The third-order valence-electron chi connectivity index (χ3n) is 3.72. The highest BCUT2D eigenvalue weighted by Gasteiger charge is 2.30. The summed E-state index contributed by atoms with van der Waals surface area (Å²) in [6.45, 7) is 2.10. The van der Waals surface area contributed by atoms with Gasteiger partial charge in [0.2, 0.25) is 0 Å². The monoisotopic (exact) mass is 383 g/mol. The van der Waals surface area contributed by atoms with Crippen molar-refractivity contribution >= 4 is 23.1 Å². The molecule has 0 fully saturated rings. The van der Waals surface area contributed by atoms with Crippen LogP contribution in [0, 0.1) is 0 Å². The number of hydrogen-bond acceptors (Lipinski definition) is 4. The van der Waals surface area contributed by atoms with Crippen LogP contribution in [0.4, 0.5) is 13.2 Å². The van der Waals surface area contributed by atoms with E-state index in [2.05, 4.69) is 23.2 Å². The maximum Gasteiger partial charge on any atom is 0.416 e. The second-order valence-corrected chi connectivity index (χ2v) is 7.45. The number of thioether (sulfide) groups is 1. The van der Waals surface area contributed by atoms with Gasteiger partial charge in [-0.2, -0.15) is 13.2 Å². The van der Waals surface area contributed by atoms with Gasteiger partial charge in [0.1, 0.15) is 0 Å².